The fourth-order valence-corrected chi connectivity index (χ4v) is 2.36. The molecule has 0 radical (unpaired) electrons. The number of anilines is 1. The van der Waals surface area contributed by atoms with E-state index in [1.807, 2.05) is 19.7 Å². The third-order valence-electron chi connectivity index (χ3n) is 3.45. The number of nitrogens with one attached hydrogen (secondary N) is 2. The van der Waals surface area contributed by atoms with Crippen LogP contribution < -0.4 is 5.32 Å². The summed E-state index contributed by atoms with van der Waals surface area (Å²) < 4.78 is 0. The molecular weight excluding hydrogens is 294 g/mol. The molecule has 118 valence electrons. The predicted octanol–water partition coefficient (Wildman–Crippen LogP) is 2.08. The third-order valence-corrected chi connectivity index (χ3v) is 3.45. The first kappa shape index (κ1) is 16.5. The zero-order chi connectivity index (χ0) is 17.0. The van der Waals surface area contributed by atoms with Crippen molar-refractivity contribution in [1.29, 1.82) is 5.41 Å². The van der Waals surface area contributed by atoms with Gasteiger partial charge in [0.15, 0.2) is 11.6 Å². The molecule has 0 saturated heterocycles. The van der Waals surface area contributed by atoms with E-state index < -0.39 is 5.91 Å². The lowest BCUT2D eigenvalue weighted by Gasteiger charge is -2.28. The molecule has 6 nitrogen and oxygen atoms in total. The summed E-state index contributed by atoms with van der Waals surface area (Å²) in [7, 11) is 0. The zero-order valence-electron chi connectivity index (χ0n) is 13.0. The van der Waals surface area contributed by atoms with Crippen molar-refractivity contribution in [2.45, 2.75) is 26.7 Å². The highest BCUT2D eigenvalue weighted by Gasteiger charge is 2.35. The third kappa shape index (κ3) is 4.08. The number of ketones is 2. The molecule has 1 aromatic heterocycles. The Labute approximate surface area is 133 Å². The fourth-order valence-electron chi connectivity index (χ4n) is 2.36. The Kier molecular flexibility index (Phi) is 4.67. The maximum Gasteiger partial charge on any atom is 0.266 e. The molecule has 23 heavy (non-hydrogen) atoms. The second kappa shape index (κ2) is 6.50. The van der Waals surface area contributed by atoms with E-state index in [0.29, 0.717) is 5.82 Å². The van der Waals surface area contributed by atoms with Crippen LogP contribution in [-0.4, -0.2) is 28.3 Å². The first-order chi connectivity index (χ1) is 10.8. The highest BCUT2D eigenvalue weighted by atomic mass is 16.2. The van der Waals surface area contributed by atoms with Crippen LogP contribution in [-0.2, 0) is 14.4 Å². The molecule has 0 spiro atoms. The van der Waals surface area contributed by atoms with Crippen molar-refractivity contribution in [3.8, 4) is 0 Å². The van der Waals surface area contributed by atoms with Gasteiger partial charge in [0.05, 0.1) is 5.57 Å². The average molecular weight is 311 g/mol. The number of pyridine rings is 1. The molecule has 0 unspecified atom stereocenters. The Bertz CT molecular complexity index is 720. The lowest BCUT2D eigenvalue weighted by Crippen LogP contribution is -2.31. The first-order valence-electron chi connectivity index (χ1n) is 7.12. The number of carbonyl (C=O) groups is 3. The molecule has 0 aliphatic heterocycles. The molecule has 0 atom stereocenters. The summed E-state index contributed by atoms with van der Waals surface area (Å²) in [6.07, 6.45) is 3.12. The summed E-state index contributed by atoms with van der Waals surface area (Å²) in [5.41, 5.74) is -0.613. The molecule has 0 aromatic carbocycles. The molecule has 2 N–H and O–H groups in total. The number of allylic oxidation sites excluding steroid dienone is 1. The fraction of sp³-hybridized carbons (Fsp3) is 0.294. The Balaban J connectivity index is 2.22. The SMILES string of the molecule is CC1(C)CC(=O)C(=CC(=C=N)C(=O)Nc2ccccn2)C(=O)C1. The second-order valence-corrected chi connectivity index (χ2v) is 6.13. The number of Topliss-reactive ketones (excluding diaryl/α,β-unsaturated/α-hetero) is 2. The molecule has 1 aromatic rings. The summed E-state index contributed by atoms with van der Waals surface area (Å²) in [6, 6.07) is 4.99. The van der Waals surface area contributed by atoms with E-state index in [-0.39, 0.29) is 41.0 Å². The monoisotopic (exact) mass is 311 g/mol. The van der Waals surface area contributed by atoms with Crippen molar-refractivity contribution in [3.63, 3.8) is 0 Å². The van der Waals surface area contributed by atoms with Gasteiger partial charge >= 0.3 is 0 Å². The van der Waals surface area contributed by atoms with Crippen LogP contribution in [0.4, 0.5) is 5.82 Å². The number of hydrogen-bond acceptors (Lipinski definition) is 5. The van der Waals surface area contributed by atoms with Gasteiger partial charge in [-0.2, -0.15) is 0 Å². The van der Waals surface area contributed by atoms with Crippen molar-refractivity contribution < 1.29 is 14.4 Å². The smallest absolute Gasteiger partial charge is 0.266 e. The van der Waals surface area contributed by atoms with Gasteiger partial charge in [-0.25, -0.2) is 4.98 Å². The maximum atomic E-state index is 12.1. The van der Waals surface area contributed by atoms with Crippen LogP contribution >= 0.6 is 0 Å². The van der Waals surface area contributed by atoms with Crippen molar-refractivity contribution in [3.05, 3.63) is 41.6 Å². The maximum absolute atomic E-state index is 12.1. The van der Waals surface area contributed by atoms with Crippen LogP contribution in [0.2, 0.25) is 0 Å². The quantitative estimate of drug-likeness (QED) is 0.507. The van der Waals surface area contributed by atoms with Crippen molar-refractivity contribution in [2.24, 2.45) is 5.41 Å². The number of nitrogens with zero attached hydrogens (tertiary/aromatic N) is 1. The normalized spacial score (nSPS) is 16.5. The molecule has 1 amide bonds. The van der Waals surface area contributed by atoms with Crippen LogP contribution in [0.1, 0.15) is 26.7 Å². The summed E-state index contributed by atoms with van der Waals surface area (Å²) >= 11 is 0. The van der Waals surface area contributed by atoms with E-state index in [4.69, 9.17) is 5.41 Å². The molecule has 1 heterocycles. The lowest BCUT2D eigenvalue weighted by atomic mass is 9.74. The van der Waals surface area contributed by atoms with Gasteiger partial charge < -0.3 is 5.32 Å². The lowest BCUT2D eigenvalue weighted by molar-refractivity contribution is -0.127. The van der Waals surface area contributed by atoms with E-state index in [2.05, 4.69) is 10.3 Å². The van der Waals surface area contributed by atoms with E-state index in [0.717, 1.165) is 6.08 Å². The Morgan fingerprint density at radius 1 is 1.30 bits per heavy atom. The van der Waals surface area contributed by atoms with Crippen LogP contribution in [0.5, 0.6) is 0 Å². The number of rotatable bonds is 3. The molecule has 2 rings (SSSR count). The average Bonchev–Trinajstić information content (AvgIpc) is 2.46. The van der Waals surface area contributed by atoms with E-state index >= 15 is 0 Å². The van der Waals surface area contributed by atoms with Gasteiger partial charge in [0, 0.05) is 19.0 Å². The van der Waals surface area contributed by atoms with Gasteiger partial charge in [-0.3, -0.25) is 19.8 Å². The molecular formula is C17H17N3O3. The summed E-state index contributed by atoms with van der Waals surface area (Å²) in [5, 5.41) is 9.74. The zero-order valence-corrected chi connectivity index (χ0v) is 13.0. The van der Waals surface area contributed by atoms with Crippen LogP contribution in [0, 0.1) is 10.8 Å². The topological polar surface area (TPSA) is 100.0 Å². The molecule has 6 heteroatoms. The van der Waals surface area contributed by atoms with Gasteiger partial charge in [0.25, 0.3) is 5.91 Å². The van der Waals surface area contributed by atoms with Gasteiger partial charge in [-0.05, 0) is 29.5 Å². The van der Waals surface area contributed by atoms with Crippen molar-refractivity contribution in [1.82, 2.24) is 4.98 Å². The number of aromatic nitrogens is 1. The Morgan fingerprint density at radius 2 is 1.96 bits per heavy atom. The standard InChI is InChI=1S/C17H17N3O3/c1-17(2)8-13(21)12(14(22)9-17)7-11(10-18)16(23)20-15-5-3-4-6-19-15/h3-7,18H,8-9H2,1-2H3,(H,19,20,23). The van der Waals surface area contributed by atoms with E-state index in [1.54, 1.807) is 18.2 Å². The molecule has 1 aliphatic carbocycles. The van der Waals surface area contributed by atoms with Crippen LogP contribution in [0.3, 0.4) is 0 Å². The van der Waals surface area contributed by atoms with Crippen LogP contribution in [0.15, 0.2) is 41.6 Å². The molecule has 1 saturated carbocycles. The minimum absolute atomic E-state index is 0.0461. The molecule has 1 aliphatic rings. The largest absolute Gasteiger partial charge is 0.306 e. The van der Waals surface area contributed by atoms with Gasteiger partial charge in [-0.1, -0.05) is 19.9 Å². The minimum Gasteiger partial charge on any atom is -0.306 e. The minimum atomic E-state index is -0.642. The molecule has 1 fully saturated rings. The summed E-state index contributed by atoms with van der Waals surface area (Å²) in [5.74, 6) is 1.02. The summed E-state index contributed by atoms with van der Waals surface area (Å²) in [4.78, 5) is 40.3. The Morgan fingerprint density at radius 3 is 2.48 bits per heavy atom. The molecule has 0 bridgehead atoms. The summed E-state index contributed by atoms with van der Waals surface area (Å²) in [6.45, 7) is 3.70. The number of carbonyl (C=O) groups excluding carboxylic acids is 3. The van der Waals surface area contributed by atoms with Gasteiger partial charge in [0.2, 0.25) is 0 Å². The Hall–Kier alpha value is -2.85. The van der Waals surface area contributed by atoms with E-state index in [9.17, 15) is 14.4 Å². The highest BCUT2D eigenvalue weighted by molar-refractivity contribution is 6.24. The number of hydrogen-bond donors (Lipinski definition) is 2. The predicted molar refractivity (Wildman–Crippen MR) is 85.2 cm³/mol. The second-order valence-electron chi connectivity index (χ2n) is 6.13. The van der Waals surface area contributed by atoms with Crippen molar-refractivity contribution in [2.75, 3.05) is 5.32 Å². The number of amides is 1. The van der Waals surface area contributed by atoms with Gasteiger partial charge in [0.1, 0.15) is 11.4 Å². The van der Waals surface area contributed by atoms with Gasteiger partial charge in [-0.15, -0.1) is 0 Å². The van der Waals surface area contributed by atoms with E-state index in [1.165, 1.54) is 6.20 Å². The van der Waals surface area contributed by atoms with Crippen LogP contribution in [0.25, 0.3) is 0 Å². The first-order valence-corrected chi connectivity index (χ1v) is 7.12. The van der Waals surface area contributed by atoms with Crippen molar-refractivity contribution >= 4 is 29.2 Å². The highest BCUT2D eigenvalue weighted by Crippen LogP contribution is 2.33.